The second-order valence-electron chi connectivity index (χ2n) is 5.45. The largest absolute Gasteiger partial charge is 0.383 e. The summed E-state index contributed by atoms with van der Waals surface area (Å²) in [5, 5.41) is 3.37. The zero-order chi connectivity index (χ0) is 13.7. The third kappa shape index (κ3) is 4.30. The van der Waals surface area contributed by atoms with Crippen LogP contribution in [0.1, 0.15) is 25.5 Å². The van der Waals surface area contributed by atoms with Gasteiger partial charge in [0.15, 0.2) is 0 Å². The lowest BCUT2D eigenvalue weighted by Gasteiger charge is -2.25. The molecule has 0 aliphatic heterocycles. The number of ether oxygens (including phenoxy) is 1. The molecule has 1 fully saturated rings. The van der Waals surface area contributed by atoms with Crippen molar-refractivity contribution in [2.75, 3.05) is 27.3 Å². The highest BCUT2D eigenvalue weighted by atomic mass is 16.5. The van der Waals surface area contributed by atoms with Crippen LogP contribution >= 0.6 is 0 Å². The van der Waals surface area contributed by atoms with Crippen LogP contribution in [-0.2, 0) is 17.8 Å². The molecule has 1 saturated carbocycles. The van der Waals surface area contributed by atoms with E-state index in [1.54, 1.807) is 7.11 Å². The maximum Gasteiger partial charge on any atom is 0.0949 e. The van der Waals surface area contributed by atoms with Gasteiger partial charge in [-0.1, -0.05) is 0 Å². The molecule has 0 saturated heterocycles. The molecule has 1 heterocycles. The molecule has 0 bridgehead atoms. The second-order valence-corrected chi connectivity index (χ2v) is 5.45. The third-order valence-corrected chi connectivity index (χ3v) is 3.87. The van der Waals surface area contributed by atoms with Gasteiger partial charge in [-0.05, 0) is 26.8 Å². The first kappa shape index (κ1) is 14.5. The summed E-state index contributed by atoms with van der Waals surface area (Å²) in [4.78, 5) is 6.76. The molecule has 0 spiro atoms. The van der Waals surface area contributed by atoms with Crippen LogP contribution in [-0.4, -0.2) is 53.8 Å². The minimum atomic E-state index is 0.555. The predicted molar refractivity (Wildman–Crippen MR) is 76.1 cm³/mol. The van der Waals surface area contributed by atoms with Crippen molar-refractivity contribution in [1.29, 1.82) is 0 Å². The maximum atomic E-state index is 5.03. The molecule has 2 rings (SSSR count). The summed E-state index contributed by atoms with van der Waals surface area (Å²) in [5.74, 6) is 0. The molecule has 0 aromatic carbocycles. The molecule has 0 radical (unpaired) electrons. The van der Waals surface area contributed by atoms with Gasteiger partial charge >= 0.3 is 0 Å². The highest BCUT2D eigenvalue weighted by Gasteiger charge is 2.29. The number of aromatic nitrogens is 2. The first-order valence-electron chi connectivity index (χ1n) is 7.13. The maximum absolute atomic E-state index is 5.03. The van der Waals surface area contributed by atoms with Gasteiger partial charge < -0.3 is 14.6 Å². The number of likely N-dealkylation sites (N-methyl/N-ethyl adjacent to an activating group) is 1. The molecule has 1 aliphatic carbocycles. The predicted octanol–water partition coefficient (Wildman–Crippen LogP) is 1.10. The third-order valence-electron chi connectivity index (χ3n) is 3.87. The van der Waals surface area contributed by atoms with Crippen LogP contribution in [0, 0.1) is 0 Å². The van der Waals surface area contributed by atoms with Crippen molar-refractivity contribution in [1.82, 2.24) is 19.8 Å². The topological polar surface area (TPSA) is 42.3 Å². The molecular weight excluding hydrogens is 240 g/mol. The summed E-state index contributed by atoms with van der Waals surface area (Å²) in [6.45, 7) is 5.77. The van der Waals surface area contributed by atoms with E-state index in [4.69, 9.17) is 4.74 Å². The summed E-state index contributed by atoms with van der Waals surface area (Å²) in [6.07, 6.45) is 6.60. The molecule has 1 aliphatic rings. The van der Waals surface area contributed by atoms with Crippen molar-refractivity contribution in [2.24, 2.45) is 0 Å². The van der Waals surface area contributed by atoms with Crippen molar-refractivity contribution in [2.45, 2.75) is 44.9 Å². The molecule has 1 aromatic heterocycles. The van der Waals surface area contributed by atoms with Crippen molar-refractivity contribution >= 4 is 0 Å². The Morgan fingerprint density at radius 2 is 2.37 bits per heavy atom. The van der Waals surface area contributed by atoms with E-state index in [0.29, 0.717) is 6.04 Å². The number of imidazole rings is 1. The first-order valence-corrected chi connectivity index (χ1v) is 7.13. The van der Waals surface area contributed by atoms with Crippen molar-refractivity contribution < 1.29 is 4.74 Å². The normalized spacial score (nSPS) is 17.1. The van der Waals surface area contributed by atoms with Crippen LogP contribution in [0.4, 0.5) is 0 Å². The molecule has 108 valence electrons. The Bertz CT molecular complexity index is 375. The quantitative estimate of drug-likeness (QED) is 0.680. The SMILES string of the molecule is COCCNCc1cncn1CC(C)N(C)C1CC1. The number of nitrogens with one attached hydrogen (secondary N) is 1. The van der Waals surface area contributed by atoms with Crippen LogP contribution in [0.15, 0.2) is 12.5 Å². The zero-order valence-corrected chi connectivity index (χ0v) is 12.3. The zero-order valence-electron chi connectivity index (χ0n) is 12.3. The smallest absolute Gasteiger partial charge is 0.0949 e. The molecule has 0 amide bonds. The molecule has 5 nitrogen and oxygen atoms in total. The Kier molecular flexibility index (Phi) is 5.36. The van der Waals surface area contributed by atoms with Crippen LogP contribution in [0.5, 0.6) is 0 Å². The van der Waals surface area contributed by atoms with Crippen LogP contribution in [0.2, 0.25) is 0 Å². The van der Waals surface area contributed by atoms with Crippen LogP contribution in [0.25, 0.3) is 0 Å². The van der Waals surface area contributed by atoms with E-state index in [1.165, 1.54) is 18.5 Å². The van der Waals surface area contributed by atoms with E-state index in [2.05, 4.69) is 33.7 Å². The summed E-state index contributed by atoms with van der Waals surface area (Å²) >= 11 is 0. The van der Waals surface area contributed by atoms with E-state index in [9.17, 15) is 0 Å². The lowest BCUT2D eigenvalue weighted by atomic mass is 10.3. The summed E-state index contributed by atoms with van der Waals surface area (Å²) in [5.41, 5.74) is 1.24. The van der Waals surface area contributed by atoms with Gasteiger partial charge in [-0.3, -0.25) is 4.90 Å². The summed E-state index contributed by atoms with van der Waals surface area (Å²) < 4.78 is 7.28. The number of rotatable bonds is 9. The Morgan fingerprint density at radius 1 is 1.58 bits per heavy atom. The highest BCUT2D eigenvalue weighted by molar-refractivity contribution is 4.99. The monoisotopic (exact) mass is 266 g/mol. The second kappa shape index (κ2) is 7.03. The number of nitrogens with zero attached hydrogens (tertiary/aromatic N) is 3. The standard InChI is InChI=1S/C14H26N4O/c1-12(17(2)13-4-5-13)10-18-11-16-9-14(18)8-15-6-7-19-3/h9,11-13,15H,4-8,10H2,1-3H3. The highest BCUT2D eigenvalue weighted by Crippen LogP contribution is 2.27. The van der Waals surface area contributed by atoms with E-state index in [-0.39, 0.29) is 0 Å². The van der Waals surface area contributed by atoms with Gasteiger partial charge in [0, 0.05) is 45.0 Å². The van der Waals surface area contributed by atoms with Crippen molar-refractivity contribution in [3.05, 3.63) is 18.2 Å². The van der Waals surface area contributed by atoms with Gasteiger partial charge in [0.1, 0.15) is 0 Å². The van der Waals surface area contributed by atoms with Crippen molar-refractivity contribution in [3.8, 4) is 0 Å². The lowest BCUT2D eigenvalue weighted by molar-refractivity contribution is 0.198. The Balaban J connectivity index is 1.80. The van der Waals surface area contributed by atoms with Gasteiger partial charge in [-0.15, -0.1) is 0 Å². The Labute approximate surface area is 116 Å². The summed E-state index contributed by atoms with van der Waals surface area (Å²) in [7, 11) is 3.96. The van der Waals surface area contributed by atoms with Gasteiger partial charge in [0.05, 0.1) is 18.6 Å². The Hall–Kier alpha value is -0.910. The van der Waals surface area contributed by atoms with Crippen LogP contribution < -0.4 is 5.32 Å². The number of hydrogen-bond acceptors (Lipinski definition) is 4. The summed E-state index contributed by atoms with van der Waals surface area (Å²) in [6, 6.07) is 1.36. The van der Waals surface area contributed by atoms with Gasteiger partial charge in [-0.25, -0.2) is 4.98 Å². The molecule has 1 atom stereocenters. The molecule has 1 N–H and O–H groups in total. The fourth-order valence-electron chi connectivity index (χ4n) is 2.31. The number of hydrogen-bond donors (Lipinski definition) is 1. The van der Waals surface area contributed by atoms with Gasteiger partial charge in [0.25, 0.3) is 0 Å². The number of methoxy groups -OCH3 is 1. The molecule has 19 heavy (non-hydrogen) atoms. The van der Waals surface area contributed by atoms with Gasteiger partial charge in [-0.2, -0.15) is 0 Å². The minimum Gasteiger partial charge on any atom is -0.383 e. The fourth-order valence-corrected chi connectivity index (χ4v) is 2.31. The molecule has 5 heteroatoms. The minimum absolute atomic E-state index is 0.555. The van der Waals surface area contributed by atoms with E-state index >= 15 is 0 Å². The van der Waals surface area contributed by atoms with Crippen molar-refractivity contribution in [3.63, 3.8) is 0 Å². The molecular formula is C14H26N4O. The molecule has 1 unspecified atom stereocenters. The fraction of sp³-hybridized carbons (Fsp3) is 0.786. The average molecular weight is 266 g/mol. The van der Waals surface area contributed by atoms with E-state index in [1.807, 2.05) is 12.5 Å². The Morgan fingerprint density at radius 3 is 3.05 bits per heavy atom. The molecule has 1 aromatic rings. The average Bonchev–Trinajstić information content (AvgIpc) is 3.16. The van der Waals surface area contributed by atoms with Gasteiger partial charge in [0.2, 0.25) is 0 Å². The first-order chi connectivity index (χ1) is 9.22. The van der Waals surface area contributed by atoms with E-state index in [0.717, 1.165) is 32.3 Å². The van der Waals surface area contributed by atoms with Crippen LogP contribution in [0.3, 0.4) is 0 Å². The van der Waals surface area contributed by atoms with E-state index < -0.39 is 0 Å². The lowest BCUT2D eigenvalue weighted by Crippen LogP contribution is -2.35.